The van der Waals surface area contributed by atoms with E-state index < -0.39 is 0 Å². The second kappa shape index (κ2) is 2.03. The first kappa shape index (κ1) is 7.49. The average Bonchev–Trinajstić information content (AvgIpc) is 2.89. The molecular formula is C15H16. The second-order valence-corrected chi connectivity index (χ2v) is 6.36. The Bertz CT molecular complexity index is 440. The van der Waals surface area contributed by atoms with Crippen molar-refractivity contribution < 1.29 is 0 Å². The van der Waals surface area contributed by atoms with Gasteiger partial charge < -0.3 is 0 Å². The topological polar surface area (TPSA) is 0 Å². The fourth-order valence-corrected chi connectivity index (χ4v) is 5.36. The highest BCUT2D eigenvalue weighted by molar-refractivity contribution is 5.45. The van der Waals surface area contributed by atoms with E-state index in [0.29, 0.717) is 0 Å². The Kier molecular flexibility index (Phi) is 1.01. The van der Waals surface area contributed by atoms with Crippen LogP contribution in [0.3, 0.4) is 0 Å². The summed E-state index contributed by atoms with van der Waals surface area (Å²) in [5.74, 6) is 4.15. The number of hydrogen-bond donors (Lipinski definition) is 0. The lowest BCUT2D eigenvalue weighted by atomic mass is 9.62. The van der Waals surface area contributed by atoms with Crippen LogP contribution in [0.15, 0.2) is 24.3 Å². The Hall–Kier alpha value is -0.780. The van der Waals surface area contributed by atoms with Crippen molar-refractivity contribution in [2.75, 3.05) is 0 Å². The summed E-state index contributed by atoms with van der Waals surface area (Å²) in [5.41, 5.74) is 4.30. The molecule has 0 nitrogen and oxygen atoms in total. The predicted octanol–water partition coefficient (Wildman–Crippen LogP) is 3.69. The lowest BCUT2D eigenvalue weighted by molar-refractivity contribution is 0.0724. The molecule has 0 heterocycles. The first-order valence-corrected chi connectivity index (χ1v) is 6.47. The van der Waals surface area contributed by atoms with Crippen molar-refractivity contribution in [2.24, 2.45) is 17.3 Å². The molecule has 0 aromatic heterocycles. The van der Waals surface area contributed by atoms with E-state index >= 15 is 0 Å². The van der Waals surface area contributed by atoms with E-state index in [1.807, 2.05) is 0 Å². The van der Waals surface area contributed by atoms with Crippen LogP contribution in [-0.4, -0.2) is 0 Å². The minimum atomic E-state index is 0.825. The van der Waals surface area contributed by atoms with Gasteiger partial charge in [-0.05, 0) is 65.9 Å². The molecule has 4 aliphatic rings. The van der Waals surface area contributed by atoms with Gasteiger partial charge in [-0.15, -0.1) is 0 Å². The number of hydrogen-bond acceptors (Lipinski definition) is 0. The lowest BCUT2D eigenvalue weighted by Crippen LogP contribution is -2.35. The van der Waals surface area contributed by atoms with Gasteiger partial charge in [0.25, 0.3) is 0 Å². The van der Waals surface area contributed by atoms with Crippen molar-refractivity contribution in [3.05, 3.63) is 35.4 Å². The van der Waals surface area contributed by atoms with Crippen LogP contribution < -0.4 is 0 Å². The predicted molar refractivity (Wildman–Crippen MR) is 59.8 cm³/mol. The van der Waals surface area contributed by atoms with Crippen LogP contribution >= 0.6 is 0 Å². The van der Waals surface area contributed by atoms with Gasteiger partial charge in [0.2, 0.25) is 0 Å². The summed E-state index contributed by atoms with van der Waals surface area (Å²) >= 11 is 0. The number of fused-ring (bicyclic) bond motifs is 4. The monoisotopic (exact) mass is 196 g/mol. The Morgan fingerprint density at radius 2 is 1.87 bits per heavy atom. The SMILES string of the molecule is c1ccc2c(c1)C1CC3CC4(CC24)C3C1. The van der Waals surface area contributed by atoms with Crippen molar-refractivity contribution in [3.8, 4) is 0 Å². The molecule has 1 aromatic carbocycles. The fraction of sp³-hybridized carbons (Fsp3) is 0.600. The van der Waals surface area contributed by atoms with Crippen molar-refractivity contribution in [1.29, 1.82) is 0 Å². The normalized spacial score (nSPS) is 52.5. The molecule has 76 valence electrons. The maximum atomic E-state index is 2.42. The van der Waals surface area contributed by atoms with Gasteiger partial charge in [-0.25, -0.2) is 0 Å². The summed E-state index contributed by atoms with van der Waals surface area (Å²) in [4.78, 5) is 0. The molecule has 0 saturated heterocycles. The summed E-state index contributed by atoms with van der Waals surface area (Å²) in [6.07, 6.45) is 6.14. The van der Waals surface area contributed by atoms with Gasteiger partial charge >= 0.3 is 0 Å². The molecule has 0 radical (unpaired) electrons. The summed E-state index contributed by atoms with van der Waals surface area (Å²) in [7, 11) is 0. The van der Waals surface area contributed by atoms with Gasteiger partial charge in [-0.1, -0.05) is 24.3 Å². The van der Waals surface area contributed by atoms with Crippen molar-refractivity contribution in [2.45, 2.75) is 37.5 Å². The molecule has 5 atom stereocenters. The molecule has 5 rings (SSSR count). The molecule has 3 fully saturated rings. The van der Waals surface area contributed by atoms with Crippen LogP contribution in [0.1, 0.15) is 48.6 Å². The Balaban J connectivity index is 1.80. The molecule has 1 aromatic rings. The largest absolute Gasteiger partial charge is 0.0620 e. The first-order valence-electron chi connectivity index (χ1n) is 6.47. The van der Waals surface area contributed by atoms with Gasteiger partial charge in [0.15, 0.2) is 0 Å². The second-order valence-electron chi connectivity index (χ2n) is 6.36. The molecule has 4 aliphatic carbocycles. The maximum Gasteiger partial charge on any atom is -0.00938 e. The zero-order valence-electron chi connectivity index (χ0n) is 8.95. The molecule has 3 saturated carbocycles. The van der Waals surface area contributed by atoms with Gasteiger partial charge in [0.1, 0.15) is 0 Å². The van der Waals surface area contributed by atoms with E-state index in [1.165, 1.54) is 19.3 Å². The third-order valence-corrected chi connectivity index (χ3v) is 6.00. The van der Waals surface area contributed by atoms with Crippen LogP contribution in [0.25, 0.3) is 0 Å². The average molecular weight is 196 g/mol. The van der Waals surface area contributed by atoms with E-state index in [2.05, 4.69) is 24.3 Å². The molecule has 0 aliphatic heterocycles. The third-order valence-electron chi connectivity index (χ3n) is 6.00. The van der Waals surface area contributed by atoms with E-state index in [1.54, 1.807) is 17.5 Å². The molecule has 1 spiro atoms. The van der Waals surface area contributed by atoms with Crippen LogP contribution in [0.2, 0.25) is 0 Å². The van der Waals surface area contributed by atoms with Crippen LogP contribution in [0.4, 0.5) is 0 Å². The first-order chi connectivity index (χ1) is 7.38. The molecule has 15 heavy (non-hydrogen) atoms. The highest BCUT2D eigenvalue weighted by atomic mass is 14.8. The van der Waals surface area contributed by atoms with E-state index in [9.17, 15) is 0 Å². The van der Waals surface area contributed by atoms with Gasteiger partial charge in [0.05, 0.1) is 0 Å². The van der Waals surface area contributed by atoms with Crippen LogP contribution in [0.5, 0.6) is 0 Å². The molecule has 0 N–H and O–H groups in total. The van der Waals surface area contributed by atoms with Crippen LogP contribution in [-0.2, 0) is 0 Å². The zero-order chi connectivity index (χ0) is 9.62. The van der Waals surface area contributed by atoms with Crippen molar-refractivity contribution in [3.63, 3.8) is 0 Å². The fourth-order valence-electron chi connectivity index (χ4n) is 5.36. The highest BCUT2D eigenvalue weighted by Crippen LogP contribution is 2.81. The van der Waals surface area contributed by atoms with Crippen molar-refractivity contribution >= 4 is 0 Å². The number of benzene rings is 1. The third kappa shape index (κ3) is 0.660. The van der Waals surface area contributed by atoms with E-state index in [0.717, 1.165) is 29.1 Å². The summed E-state index contributed by atoms with van der Waals surface area (Å²) in [6, 6.07) is 9.33. The van der Waals surface area contributed by atoms with Gasteiger partial charge in [-0.2, -0.15) is 0 Å². The molecule has 2 bridgehead atoms. The van der Waals surface area contributed by atoms with E-state index in [-0.39, 0.29) is 0 Å². The van der Waals surface area contributed by atoms with E-state index in [4.69, 9.17) is 0 Å². The standard InChI is InChI=1S/C15H16/c1-2-4-12-11(3-1)9-5-10-7-15(8-14(12)15)13(10)6-9/h1-4,9-10,13-14H,5-8H2. The molecule has 0 heteroatoms. The summed E-state index contributed by atoms with van der Waals surface area (Å²) in [5, 5.41) is 0. The molecule has 0 amide bonds. The highest BCUT2D eigenvalue weighted by Gasteiger charge is 2.71. The lowest BCUT2D eigenvalue weighted by Gasteiger charge is -2.43. The quantitative estimate of drug-likeness (QED) is 0.593. The Morgan fingerprint density at radius 3 is 2.80 bits per heavy atom. The molecular weight excluding hydrogens is 180 g/mol. The Morgan fingerprint density at radius 1 is 1.00 bits per heavy atom. The van der Waals surface area contributed by atoms with Gasteiger partial charge in [-0.3, -0.25) is 0 Å². The minimum Gasteiger partial charge on any atom is -0.0620 e. The summed E-state index contributed by atoms with van der Waals surface area (Å²) < 4.78 is 0. The summed E-state index contributed by atoms with van der Waals surface area (Å²) in [6.45, 7) is 0. The smallest absolute Gasteiger partial charge is 0.00938 e. The Labute approximate surface area is 90.7 Å². The minimum absolute atomic E-state index is 0.825. The van der Waals surface area contributed by atoms with Crippen molar-refractivity contribution in [1.82, 2.24) is 0 Å². The zero-order valence-corrected chi connectivity index (χ0v) is 8.95. The number of rotatable bonds is 0. The van der Waals surface area contributed by atoms with Crippen LogP contribution in [0, 0.1) is 17.3 Å². The molecule has 5 unspecified atom stereocenters. The van der Waals surface area contributed by atoms with Gasteiger partial charge in [0, 0.05) is 0 Å². The maximum absolute atomic E-state index is 2.42.